The van der Waals surface area contributed by atoms with E-state index in [0.717, 1.165) is 24.3 Å². The molecule has 1 aromatic carbocycles. The molecule has 0 atom stereocenters. The number of hydrogen-bond acceptors (Lipinski definition) is 5. The average Bonchev–Trinajstić information content (AvgIpc) is 3.25. The number of carbonyl (C=O) groups excluding carboxylic acids is 1. The minimum atomic E-state index is 0.130. The summed E-state index contributed by atoms with van der Waals surface area (Å²) in [7, 11) is 3.20. The second-order valence-electron chi connectivity index (χ2n) is 7.83. The van der Waals surface area contributed by atoms with Crippen molar-refractivity contribution in [3.05, 3.63) is 30.0 Å². The number of amides is 1. The molecule has 2 aromatic rings. The number of methoxy groups -OCH3 is 2. The lowest BCUT2D eigenvalue weighted by molar-refractivity contribution is -0.126. The van der Waals surface area contributed by atoms with Crippen LogP contribution in [0.1, 0.15) is 57.6 Å². The number of carbonyl (C=O) groups is 1. The topological polar surface area (TPSA) is 73.6 Å². The van der Waals surface area contributed by atoms with Gasteiger partial charge in [0, 0.05) is 17.5 Å². The molecule has 1 aliphatic carbocycles. The van der Waals surface area contributed by atoms with E-state index < -0.39 is 0 Å². The maximum atomic E-state index is 12.5. The average molecular weight is 401 g/mol. The SMILES string of the molecule is CCCCC1CCC(C(=O)NCc2cc(-c3ccc(OC)c(OC)c3)on2)CC1. The highest BCUT2D eigenvalue weighted by atomic mass is 16.5. The number of nitrogens with zero attached hydrogens (tertiary/aromatic N) is 1. The molecule has 0 unspecified atom stereocenters. The number of ether oxygens (including phenoxy) is 2. The summed E-state index contributed by atoms with van der Waals surface area (Å²) in [6, 6.07) is 7.41. The first-order valence-corrected chi connectivity index (χ1v) is 10.6. The van der Waals surface area contributed by atoms with Gasteiger partial charge in [-0.2, -0.15) is 0 Å². The van der Waals surface area contributed by atoms with Gasteiger partial charge in [-0.1, -0.05) is 31.3 Å². The highest BCUT2D eigenvalue weighted by Gasteiger charge is 2.26. The van der Waals surface area contributed by atoms with Crippen LogP contribution >= 0.6 is 0 Å². The van der Waals surface area contributed by atoms with Crippen molar-refractivity contribution < 1.29 is 18.8 Å². The van der Waals surface area contributed by atoms with E-state index in [1.807, 2.05) is 24.3 Å². The Hall–Kier alpha value is -2.50. The van der Waals surface area contributed by atoms with Crippen molar-refractivity contribution in [3.63, 3.8) is 0 Å². The molecule has 0 bridgehead atoms. The third-order valence-corrected chi connectivity index (χ3v) is 5.85. The van der Waals surface area contributed by atoms with Crippen LogP contribution in [0.3, 0.4) is 0 Å². The van der Waals surface area contributed by atoms with Crippen molar-refractivity contribution in [2.45, 2.75) is 58.4 Å². The first-order chi connectivity index (χ1) is 14.1. The lowest BCUT2D eigenvalue weighted by Gasteiger charge is -2.27. The third kappa shape index (κ3) is 5.52. The lowest BCUT2D eigenvalue weighted by Crippen LogP contribution is -2.32. The van der Waals surface area contributed by atoms with Crippen LogP contribution in [0.5, 0.6) is 11.5 Å². The highest BCUT2D eigenvalue weighted by Crippen LogP contribution is 2.33. The number of aromatic nitrogens is 1. The van der Waals surface area contributed by atoms with Crippen molar-refractivity contribution >= 4 is 5.91 Å². The molecule has 3 rings (SSSR count). The Bertz CT molecular complexity index is 794. The van der Waals surface area contributed by atoms with E-state index in [1.54, 1.807) is 14.2 Å². The summed E-state index contributed by atoms with van der Waals surface area (Å²) in [5, 5.41) is 7.12. The van der Waals surface area contributed by atoms with Crippen LogP contribution < -0.4 is 14.8 Å². The molecular formula is C23H32N2O4. The van der Waals surface area contributed by atoms with Gasteiger partial charge in [0.05, 0.1) is 20.8 Å². The predicted molar refractivity (Wildman–Crippen MR) is 112 cm³/mol. The minimum Gasteiger partial charge on any atom is -0.493 e. The fraction of sp³-hybridized carbons (Fsp3) is 0.565. The van der Waals surface area contributed by atoms with Crippen LogP contribution in [0, 0.1) is 11.8 Å². The largest absolute Gasteiger partial charge is 0.493 e. The molecule has 6 nitrogen and oxygen atoms in total. The molecule has 0 saturated heterocycles. The second kappa shape index (κ2) is 10.3. The molecule has 1 aromatic heterocycles. The van der Waals surface area contributed by atoms with E-state index in [1.165, 1.54) is 32.1 Å². The van der Waals surface area contributed by atoms with Crippen molar-refractivity contribution in [2.75, 3.05) is 14.2 Å². The maximum Gasteiger partial charge on any atom is 0.223 e. The predicted octanol–water partition coefficient (Wildman–Crippen LogP) is 4.97. The molecule has 0 aliphatic heterocycles. The Morgan fingerprint density at radius 2 is 1.90 bits per heavy atom. The van der Waals surface area contributed by atoms with E-state index in [0.29, 0.717) is 29.5 Å². The zero-order chi connectivity index (χ0) is 20.6. The number of hydrogen-bond donors (Lipinski definition) is 1. The summed E-state index contributed by atoms with van der Waals surface area (Å²) in [6.45, 7) is 2.62. The van der Waals surface area contributed by atoms with Crippen molar-refractivity contribution in [1.29, 1.82) is 0 Å². The summed E-state index contributed by atoms with van der Waals surface area (Å²) >= 11 is 0. The summed E-state index contributed by atoms with van der Waals surface area (Å²) < 4.78 is 16.1. The first-order valence-electron chi connectivity index (χ1n) is 10.6. The maximum absolute atomic E-state index is 12.5. The Labute approximate surface area is 172 Å². The quantitative estimate of drug-likeness (QED) is 0.643. The van der Waals surface area contributed by atoms with E-state index in [4.69, 9.17) is 14.0 Å². The van der Waals surface area contributed by atoms with Gasteiger partial charge in [0.2, 0.25) is 5.91 Å². The van der Waals surface area contributed by atoms with Crippen molar-refractivity contribution in [1.82, 2.24) is 10.5 Å². The fourth-order valence-corrected chi connectivity index (χ4v) is 4.05. The molecule has 0 spiro atoms. The summed E-state index contributed by atoms with van der Waals surface area (Å²) in [5.41, 5.74) is 1.55. The standard InChI is InChI=1S/C23H32N2O4/c1-4-5-6-16-7-9-17(10-8-16)23(26)24-15-19-14-21(29-25-19)18-11-12-20(27-2)22(13-18)28-3/h11-14,16-17H,4-10,15H2,1-3H3,(H,24,26). The van der Waals surface area contributed by atoms with Gasteiger partial charge in [-0.15, -0.1) is 0 Å². The Balaban J connectivity index is 1.51. The number of nitrogens with one attached hydrogen (secondary N) is 1. The molecule has 1 heterocycles. The van der Waals surface area contributed by atoms with Gasteiger partial charge in [-0.05, 0) is 49.8 Å². The molecule has 1 aliphatic rings. The fourth-order valence-electron chi connectivity index (χ4n) is 4.05. The zero-order valence-electron chi connectivity index (χ0n) is 17.7. The second-order valence-corrected chi connectivity index (χ2v) is 7.83. The Morgan fingerprint density at radius 1 is 1.14 bits per heavy atom. The molecule has 1 fully saturated rings. The van der Waals surface area contributed by atoms with E-state index in [9.17, 15) is 4.79 Å². The monoisotopic (exact) mass is 400 g/mol. The molecular weight excluding hydrogens is 368 g/mol. The molecule has 6 heteroatoms. The van der Waals surface area contributed by atoms with Crippen LogP contribution in [0.25, 0.3) is 11.3 Å². The summed E-state index contributed by atoms with van der Waals surface area (Å²) in [4.78, 5) is 12.5. The van der Waals surface area contributed by atoms with Crippen molar-refractivity contribution in [3.8, 4) is 22.8 Å². The molecule has 1 saturated carbocycles. The minimum absolute atomic E-state index is 0.130. The molecule has 29 heavy (non-hydrogen) atoms. The normalized spacial score (nSPS) is 19.0. The summed E-state index contributed by atoms with van der Waals surface area (Å²) in [6.07, 6.45) is 8.20. The smallest absolute Gasteiger partial charge is 0.223 e. The first kappa shape index (κ1) is 21.2. The lowest BCUT2D eigenvalue weighted by atomic mass is 9.79. The van der Waals surface area contributed by atoms with Gasteiger partial charge in [-0.25, -0.2) is 0 Å². The molecule has 0 radical (unpaired) electrons. The van der Waals surface area contributed by atoms with Gasteiger partial charge in [0.25, 0.3) is 0 Å². The zero-order valence-corrected chi connectivity index (χ0v) is 17.7. The van der Waals surface area contributed by atoms with Gasteiger partial charge in [0.15, 0.2) is 17.3 Å². The van der Waals surface area contributed by atoms with Gasteiger partial charge in [0.1, 0.15) is 5.69 Å². The van der Waals surface area contributed by atoms with Gasteiger partial charge >= 0.3 is 0 Å². The van der Waals surface area contributed by atoms with Gasteiger partial charge < -0.3 is 19.3 Å². The third-order valence-electron chi connectivity index (χ3n) is 5.85. The van der Waals surface area contributed by atoms with Crippen LogP contribution in [-0.4, -0.2) is 25.3 Å². The van der Waals surface area contributed by atoms with E-state index >= 15 is 0 Å². The van der Waals surface area contributed by atoms with Gasteiger partial charge in [-0.3, -0.25) is 4.79 Å². The Kier molecular flexibility index (Phi) is 7.55. The van der Waals surface area contributed by atoms with Crippen LogP contribution in [-0.2, 0) is 11.3 Å². The van der Waals surface area contributed by atoms with Crippen LogP contribution in [0.4, 0.5) is 0 Å². The number of unbranched alkanes of at least 4 members (excludes halogenated alkanes) is 1. The van der Waals surface area contributed by atoms with E-state index in [2.05, 4.69) is 17.4 Å². The number of benzene rings is 1. The molecule has 158 valence electrons. The summed E-state index contributed by atoms with van der Waals surface area (Å²) in [5.74, 6) is 2.99. The highest BCUT2D eigenvalue weighted by molar-refractivity contribution is 5.78. The number of rotatable bonds is 9. The van der Waals surface area contributed by atoms with Crippen LogP contribution in [0.2, 0.25) is 0 Å². The van der Waals surface area contributed by atoms with Crippen molar-refractivity contribution in [2.24, 2.45) is 11.8 Å². The molecule has 1 amide bonds. The molecule has 1 N–H and O–H groups in total. The van der Waals surface area contributed by atoms with Crippen LogP contribution in [0.15, 0.2) is 28.8 Å². The van der Waals surface area contributed by atoms with E-state index in [-0.39, 0.29) is 11.8 Å². The Morgan fingerprint density at radius 3 is 2.59 bits per heavy atom.